The number of imidazole rings is 2. The fourth-order valence-electron chi connectivity index (χ4n) is 8.70. The zero-order chi connectivity index (χ0) is 41.6. The number of nitrogens with zero attached hydrogens (tertiary/aromatic N) is 4. The van der Waals surface area contributed by atoms with Crippen LogP contribution in [0.25, 0.3) is 22.1 Å². The molecular weight excluding hydrogens is 757 g/mol. The predicted octanol–water partition coefficient (Wildman–Crippen LogP) is 5.16. The number of carbonyl (C=O) groups is 4. The maximum Gasteiger partial charge on any atom is 0.407 e. The Bertz CT molecular complexity index is 2340. The molecule has 0 radical (unpaired) electrons. The molecule has 2 aromatic heterocycles. The van der Waals surface area contributed by atoms with Gasteiger partial charge in [0.2, 0.25) is 11.8 Å². The Labute approximate surface area is 342 Å². The second kappa shape index (κ2) is 15.8. The molecule has 8 rings (SSSR count). The third-order valence-electron chi connectivity index (χ3n) is 12.9. The first-order valence-corrected chi connectivity index (χ1v) is 20.4. The van der Waals surface area contributed by atoms with Crippen molar-refractivity contribution >= 4 is 46.1 Å². The molecule has 4 amide bonds. The molecule has 6 unspecified atom stereocenters. The summed E-state index contributed by atoms with van der Waals surface area (Å²) < 4.78 is 16.8. The number of carbonyl (C=O) groups excluding carboxylic acids is 3. The summed E-state index contributed by atoms with van der Waals surface area (Å²) >= 11 is 0. The number of hydrogen-bond acceptors (Lipinski definition) is 9. The summed E-state index contributed by atoms with van der Waals surface area (Å²) in [6.07, 6.45) is 4.61. The molecule has 16 heteroatoms. The van der Waals surface area contributed by atoms with Gasteiger partial charge in [0, 0.05) is 38.4 Å². The maximum absolute atomic E-state index is 13.9. The Morgan fingerprint density at radius 1 is 0.780 bits per heavy atom. The third-order valence-corrected chi connectivity index (χ3v) is 12.9. The number of ether oxygens (including phenoxy) is 3. The molecular formula is C43H52N8O8. The number of benzene rings is 2. The van der Waals surface area contributed by atoms with Crippen molar-refractivity contribution in [1.29, 1.82) is 0 Å². The molecule has 6 atom stereocenters. The van der Waals surface area contributed by atoms with E-state index >= 15 is 0 Å². The monoisotopic (exact) mass is 808 g/mol. The van der Waals surface area contributed by atoms with Crippen LogP contribution in [0.3, 0.4) is 0 Å². The Morgan fingerprint density at radius 2 is 1.29 bits per heavy atom. The van der Waals surface area contributed by atoms with Gasteiger partial charge >= 0.3 is 12.2 Å². The summed E-state index contributed by atoms with van der Waals surface area (Å²) in [7, 11) is 4.69. The summed E-state index contributed by atoms with van der Waals surface area (Å²) in [6, 6.07) is 8.89. The van der Waals surface area contributed by atoms with Gasteiger partial charge < -0.3 is 49.7 Å². The molecule has 2 saturated heterocycles. The van der Waals surface area contributed by atoms with Crippen LogP contribution in [0, 0.1) is 23.7 Å². The lowest BCUT2D eigenvalue weighted by Crippen LogP contribution is -2.53. The quantitative estimate of drug-likeness (QED) is 0.133. The second-order valence-corrected chi connectivity index (χ2v) is 16.8. The van der Waals surface area contributed by atoms with Crippen LogP contribution in [-0.2, 0) is 23.8 Å². The highest BCUT2D eigenvalue weighted by atomic mass is 16.5. The Hall–Kier alpha value is -5.66. The smallest absolute Gasteiger partial charge is 0.407 e. The van der Waals surface area contributed by atoms with Gasteiger partial charge in [-0.15, -0.1) is 0 Å². The number of alkyl carbamates (subject to hydrolysis) is 1. The minimum atomic E-state index is -1.23. The van der Waals surface area contributed by atoms with E-state index < -0.39 is 36.4 Å². The number of H-pyrrole nitrogens is 2. The molecule has 2 saturated carbocycles. The molecule has 2 aliphatic heterocycles. The number of fused-ring (bicyclic) bond motifs is 2. The van der Waals surface area contributed by atoms with Gasteiger partial charge in [0.25, 0.3) is 0 Å². The van der Waals surface area contributed by atoms with Crippen LogP contribution in [0.15, 0.2) is 36.4 Å². The average molecular weight is 809 g/mol. The first kappa shape index (κ1) is 40.1. The van der Waals surface area contributed by atoms with Crippen molar-refractivity contribution in [2.24, 2.45) is 11.8 Å². The molecule has 4 fully saturated rings. The molecule has 2 aliphatic carbocycles. The first-order chi connectivity index (χ1) is 28.3. The number of nitrogens with one attached hydrogen (secondary N) is 4. The van der Waals surface area contributed by atoms with E-state index in [2.05, 4.69) is 32.4 Å². The van der Waals surface area contributed by atoms with Crippen LogP contribution in [-0.4, -0.2) is 117 Å². The number of rotatable bonds is 10. The van der Waals surface area contributed by atoms with Crippen LogP contribution in [0.4, 0.5) is 9.59 Å². The third kappa shape index (κ3) is 8.44. The lowest BCUT2D eigenvalue weighted by molar-refractivity contribution is -0.138. The van der Waals surface area contributed by atoms with Crippen molar-refractivity contribution in [2.75, 3.05) is 34.4 Å². The minimum absolute atomic E-state index is 0.0686. The van der Waals surface area contributed by atoms with Crippen LogP contribution in [0.2, 0.25) is 0 Å². The summed E-state index contributed by atoms with van der Waals surface area (Å²) in [5, 5.41) is 14.9. The molecule has 4 aromatic rings. The van der Waals surface area contributed by atoms with E-state index in [-0.39, 0.29) is 34.9 Å². The van der Waals surface area contributed by atoms with E-state index in [0.29, 0.717) is 56.1 Å². The van der Waals surface area contributed by atoms with Crippen molar-refractivity contribution in [3.63, 3.8) is 0 Å². The maximum atomic E-state index is 13.9. The van der Waals surface area contributed by atoms with Crippen molar-refractivity contribution in [2.45, 2.75) is 101 Å². The summed E-state index contributed by atoms with van der Waals surface area (Å²) in [5.41, 5.74) is 4.11. The van der Waals surface area contributed by atoms with Crippen LogP contribution in [0.1, 0.15) is 100 Å². The van der Waals surface area contributed by atoms with E-state index in [0.717, 1.165) is 53.4 Å². The Kier molecular flexibility index (Phi) is 10.8. The van der Waals surface area contributed by atoms with Gasteiger partial charge in [-0.2, -0.15) is 0 Å². The predicted molar refractivity (Wildman–Crippen MR) is 216 cm³/mol. The van der Waals surface area contributed by atoms with E-state index in [4.69, 9.17) is 24.2 Å². The number of hydrogen-bond donors (Lipinski definition) is 5. The molecule has 2 spiro atoms. The molecule has 4 aliphatic rings. The van der Waals surface area contributed by atoms with E-state index in [1.165, 1.54) is 7.11 Å². The van der Waals surface area contributed by atoms with Crippen LogP contribution >= 0.6 is 0 Å². The minimum Gasteiger partial charge on any atom is -0.465 e. The number of methoxy groups -OCH3 is 1. The van der Waals surface area contributed by atoms with Gasteiger partial charge in [-0.05, 0) is 113 Å². The zero-order valence-corrected chi connectivity index (χ0v) is 34.1. The van der Waals surface area contributed by atoms with Gasteiger partial charge in [0.1, 0.15) is 23.7 Å². The molecule has 4 heterocycles. The van der Waals surface area contributed by atoms with Gasteiger partial charge in [-0.3, -0.25) is 9.59 Å². The molecule has 2 aromatic carbocycles. The highest BCUT2D eigenvalue weighted by molar-refractivity contribution is 5.87. The SMILES string of the molecule is COC(=O)NC(C(=O)N(C)C(C)c1nc2ccc(C#Cc3ccc4[nH]c(C(C)N(C)C(=O)C(NC(=O)O)C5CCOC6(CC6)C5)nc4c3)cc2[nH]1)C1CCOC2(CC2)C1. The van der Waals surface area contributed by atoms with E-state index in [1.807, 2.05) is 50.2 Å². The second-order valence-electron chi connectivity index (χ2n) is 16.8. The van der Waals surface area contributed by atoms with Gasteiger partial charge in [0.05, 0.1) is 52.5 Å². The van der Waals surface area contributed by atoms with Gasteiger partial charge in [0.15, 0.2) is 0 Å². The topological polar surface area (TPSA) is 204 Å². The van der Waals surface area contributed by atoms with Crippen molar-refractivity contribution in [3.8, 4) is 11.8 Å². The average Bonchev–Trinajstić information content (AvgIpc) is 4.06. The largest absolute Gasteiger partial charge is 0.465 e. The summed E-state index contributed by atoms with van der Waals surface area (Å²) in [6.45, 7) is 4.83. The van der Waals surface area contributed by atoms with E-state index in [9.17, 15) is 24.3 Å². The molecule has 5 N–H and O–H groups in total. The summed E-state index contributed by atoms with van der Waals surface area (Å²) in [4.78, 5) is 71.3. The molecule has 312 valence electrons. The number of carboxylic acid groups (broad SMARTS) is 1. The fraction of sp³-hybridized carbons (Fsp3) is 0.535. The van der Waals surface area contributed by atoms with Crippen molar-refractivity contribution < 1.29 is 38.5 Å². The van der Waals surface area contributed by atoms with Crippen LogP contribution < -0.4 is 10.6 Å². The Morgan fingerprint density at radius 3 is 1.83 bits per heavy atom. The summed E-state index contributed by atoms with van der Waals surface area (Å²) in [5.74, 6) is 6.92. The molecule has 16 nitrogen and oxygen atoms in total. The standard InChI is InChI=1S/C43H52N8O8/c1-24(50(3)38(52)34(48-40(54)55)28-12-18-58-42(22-28)14-15-42)36-44-30-10-8-26(20-32(30)46-36)6-7-27-9-11-31-33(21-27)47-37(45-31)25(2)51(4)39(53)35(49-41(56)57-5)29-13-19-59-43(23-29)16-17-43/h8-11,20-21,24-25,28-29,34-35,48H,12-19,22-23H2,1-5H3,(H,44,46)(H,45,47)(H,49,56)(H,54,55). The normalized spacial score (nSPS) is 22.1. The number of aromatic nitrogens is 4. The number of amides is 4. The first-order valence-electron chi connectivity index (χ1n) is 20.4. The lowest BCUT2D eigenvalue weighted by Gasteiger charge is -2.37. The van der Waals surface area contributed by atoms with Crippen molar-refractivity contribution in [1.82, 2.24) is 40.4 Å². The van der Waals surface area contributed by atoms with Gasteiger partial charge in [-0.1, -0.05) is 11.8 Å². The highest BCUT2D eigenvalue weighted by Gasteiger charge is 2.52. The zero-order valence-electron chi connectivity index (χ0n) is 34.1. The van der Waals surface area contributed by atoms with E-state index in [1.54, 1.807) is 23.9 Å². The lowest BCUT2D eigenvalue weighted by atomic mass is 9.86. The number of aromatic amines is 2. The van der Waals surface area contributed by atoms with Gasteiger partial charge in [-0.25, -0.2) is 19.6 Å². The Balaban J connectivity index is 0.939. The van der Waals surface area contributed by atoms with Crippen LogP contribution in [0.5, 0.6) is 0 Å². The molecule has 0 bridgehead atoms. The number of likely N-dealkylation sites (N-methyl/N-ethyl adjacent to an activating group) is 2. The molecule has 59 heavy (non-hydrogen) atoms. The van der Waals surface area contributed by atoms with Crippen molar-refractivity contribution in [3.05, 3.63) is 59.2 Å². The fourth-order valence-corrected chi connectivity index (χ4v) is 8.70. The highest BCUT2D eigenvalue weighted by Crippen LogP contribution is 2.50.